The summed E-state index contributed by atoms with van der Waals surface area (Å²) in [6.45, 7) is 3.89. The zero-order chi connectivity index (χ0) is 21.0. The number of alkyl halides is 4. The molecular formula is C22H19ClF3NO2. The molecule has 0 aliphatic rings. The fourth-order valence-corrected chi connectivity index (χ4v) is 2.94. The third-order valence-corrected chi connectivity index (χ3v) is 4.55. The number of rotatable bonds is 6. The number of hydrogen-bond donors (Lipinski definition) is 0. The molecule has 29 heavy (non-hydrogen) atoms. The van der Waals surface area contributed by atoms with E-state index in [1.807, 2.05) is 37.3 Å². The highest BCUT2D eigenvalue weighted by Gasteiger charge is 2.30. The molecule has 3 rings (SSSR count). The molecule has 0 saturated carbocycles. The average Bonchev–Trinajstić information content (AvgIpc) is 3.07. The maximum atomic E-state index is 12.7. The number of aromatic nitrogens is 1. The molecule has 0 atom stereocenters. The smallest absolute Gasteiger partial charge is 0.416 e. The van der Waals surface area contributed by atoms with E-state index in [2.05, 4.69) is 4.98 Å². The second-order valence-electron chi connectivity index (χ2n) is 6.45. The second kappa shape index (κ2) is 8.74. The van der Waals surface area contributed by atoms with Crippen LogP contribution in [0.3, 0.4) is 0 Å². The number of allylic oxidation sites excluding steroid dienone is 2. The summed E-state index contributed by atoms with van der Waals surface area (Å²) in [5, 5.41) is 0. The summed E-state index contributed by atoms with van der Waals surface area (Å²) in [5.74, 6) is 1.91. The summed E-state index contributed by atoms with van der Waals surface area (Å²) in [5.41, 5.74) is 2.39. The molecule has 0 aliphatic carbocycles. The van der Waals surface area contributed by atoms with Crippen LogP contribution < -0.4 is 4.74 Å². The van der Waals surface area contributed by atoms with Crippen molar-refractivity contribution in [2.75, 3.05) is 5.88 Å². The Kier molecular flexibility index (Phi) is 6.33. The number of halogens is 4. The molecule has 152 valence electrons. The van der Waals surface area contributed by atoms with Crippen molar-refractivity contribution in [1.82, 2.24) is 4.98 Å². The van der Waals surface area contributed by atoms with Gasteiger partial charge in [0.1, 0.15) is 23.8 Å². The molecule has 0 radical (unpaired) electrons. The van der Waals surface area contributed by atoms with Crippen molar-refractivity contribution in [3.63, 3.8) is 0 Å². The third kappa shape index (κ3) is 5.21. The highest BCUT2D eigenvalue weighted by atomic mass is 35.5. The van der Waals surface area contributed by atoms with Crippen molar-refractivity contribution in [2.24, 2.45) is 0 Å². The van der Waals surface area contributed by atoms with E-state index < -0.39 is 11.7 Å². The highest BCUT2D eigenvalue weighted by Crippen LogP contribution is 2.31. The van der Waals surface area contributed by atoms with Crippen LogP contribution in [0, 0.1) is 6.92 Å². The molecule has 0 aliphatic heterocycles. The molecule has 3 aromatic rings. The van der Waals surface area contributed by atoms with E-state index in [1.54, 1.807) is 6.92 Å². The quantitative estimate of drug-likeness (QED) is 0.406. The molecule has 1 heterocycles. The molecular weight excluding hydrogens is 403 g/mol. The lowest BCUT2D eigenvalue weighted by atomic mass is 10.1. The van der Waals surface area contributed by atoms with E-state index in [0.29, 0.717) is 28.6 Å². The Hall–Kier alpha value is -2.73. The fourth-order valence-electron chi connectivity index (χ4n) is 2.70. The molecule has 3 nitrogen and oxygen atoms in total. The predicted octanol–water partition coefficient (Wildman–Crippen LogP) is 6.89. The van der Waals surface area contributed by atoms with Crippen LogP contribution in [0.15, 0.2) is 59.0 Å². The van der Waals surface area contributed by atoms with E-state index in [-0.39, 0.29) is 12.5 Å². The van der Waals surface area contributed by atoms with Gasteiger partial charge in [0.05, 0.1) is 5.56 Å². The van der Waals surface area contributed by atoms with E-state index in [4.69, 9.17) is 20.8 Å². The lowest BCUT2D eigenvalue weighted by Crippen LogP contribution is -2.04. The van der Waals surface area contributed by atoms with Crippen LogP contribution in [-0.4, -0.2) is 10.9 Å². The lowest BCUT2D eigenvalue weighted by Gasteiger charge is -2.07. The SMILES string of the molecule is C/C(=C/CCl)c1cccc(OCc2nc(-c3ccc(C(F)(F)F)cc3)oc2C)c1. The van der Waals surface area contributed by atoms with Crippen molar-refractivity contribution in [3.8, 4) is 17.2 Å². The minimum absolute atomic E-state index is 0.178. The standard InChI is InChI=1S/C22H19ClF3NO2/c1-14(10-11-23)17-4-3-5-19(12-17)28-13-20-15(2)29-21(27-20)16-6-8-18(9-7-16)22(24,25)26/h3-10,12H,11,13H2,1-2H3/b14-10-. The summed E-state index contributed by atoms with van der Waals surface area (Å²) in [4.78, 5) is 4.37. The number of benzene rings is 2. The predicted molar refractivity (Wildman–Crippen MR) is 107 cm³/mol. The summed E-state index contributed by atoms with van der Waals surface area (Å²) in [6, 6.07) is 12.3. The Balaban J connectivity index is 1.73. The van der Waals surface area contributed by atoms with Crippen molar-refractivity contribution in [3.05, 3.63) is 77.2 Å². The first kappa shape index (κ1) is 21.0. The molecule has 7 heteroatoms. The lowest BCUT2D eigenvalue weighted by molar-refractivity contribution is -0.137. The van der Waals surface area contributed by atoms with E-state index >= 15 is 0 Å². The highest BCUT2D eigenvalue weighted by molar-refractivity contribution is 6.19. The zero-order valence-corrected chi connectivity index (χ0v) is 16.6. The van der Waals surface area contributed by atoms with Gasteiger partial charge >= 0.3 is 6.18 Å². The Morgan fingerprint density at radius 1 is 1.17 bits per heavy atom. The molecule has 0 N–H and O–H groups in total. The third-order valence-electron chi connectivity index (χ3n) is 4.40. The van der Waals surface area contributed by atoms with Crippen molar-refractivity contribution < 1.29 is 22.3 Å². The van der Waals surface area contributed by atoms with Crippen LogP contribution in [0.25, 0.3) is 17.0 Å². The van der Waals surface area contributed by atoms with Gasteiger partial charge in [0.25, 0.3) is 0 Å². The van der Waals surface area contributed by atoms with Crippen molar-refractivity contribution in [1.29, 1.82) is 0 Å². The molecule has 0 bridgehead atoms. The van der Waals surface area contributed by atoms with Gasteiger partial charge in [0, 0.05) is 11.4 Å². The number of aryl methyl sites for hydroxylation is 1. The minimum atomic E-state index is -4.38. The van der Waals surface area contributed by atoms with Crippen LogP contribution >= 0.6 is 11.6 Å². The Labute approximate surface area is 171 Å². The normalized spacial score (nSPS) is 12.3. The van der Waals surface area contributed by atoms with E-state index in [1.165, 1.54) is 12.1 Å². The fraction of sp³-hybridized carbons (Fsp3) is 0.227. The van der Waals surface area contributed by atoms with E-state index in [9.17, 15) is 13.2 Å². The molecule has 0 fully saturated rings. The molecule has 0 spiro atoms. The molecule has 0 amide bonds. The number of ether oxygens (including phenoxy) is 1. The molecule has 0 saturated heterocycles. The topological polar surface area (TPSA) is 35.3 Å². The van der Waals surface area contributed by atoms with Crippen LogP contribution in [-0.2, 0) is 12.8 Å². The van der Waals surface area contributed by atoms with Gasteiger partial charge in [-0.25, -0.2) is 4.98 Å². The monoisotopic (exact) mass is 421 g/mol. The maximum absolute atomic E-state index is 12.7. The first-order valence-electron chi connectivity index (χ1n) is 8.88. The summed E-state index contributed by atoms with van der Waals surface area (Å²) in [6.07, 6.45) is -2.46. The number of nitrogens with zero attached hydrogens (tertiary/aromatic N) is 1. The molecule has 1 aromatic heterocycles. The van der Waals surface area contributed by atoms with Gasteiger partial charge < -0.3 is 9.15 Å². The van der Waals surface area contributed by atoms with Crippen LogP contribution in [0.5, 0.6) is 5.75 Å². The zero-order valence-electron chi connectivity index (χ0n) is 15.9. The maximum Gasteiger partial charge on any atom is 0.416 e. The molecule has 0 unspecified atom stereocenters. The minimum Gasteiger partial charge on any atom is -0.487 e. The van der Waals surface area contributed by atoms with Gasteiger partial charge in [-0.2, -0.15) is 13.2 Å². The van der Waals surface area contributed by atoms with Gasteiger partial charge in [-0.1, -0.05) is 18.2 Å². The summed E-state index contributed by atoms with van der Waals surface area (Å²) in [7, 11) is 0. The average molecular weight is 422 g/mol. The van der Waals surface area contributed by atoms with Gasteiger partial charge in [-0.3, -0.25) is 0 Å². The van der Waals surface area contributed by atoms with Crippen molar-refractivity contribution >= 4 is 17.2 Å². The van der Waals surface area contributed by atoms with Gasteiger partial charge in [-0.15, -0.1) is 11.6 Å². The first-order valence-corrected chi connectivity index (χ1v) is 9.41. The summed E-state index contributed by atoms with van der Waals surface area (Å²) < 4.78 is 49.6. The van der Waals surface area contributed by atoms with E-state index in [0.717, 1.165) is 23.3 Å². The van der Waals surface area contributed by atoms with Crippen LogP contribution in [0.2, 0.25) is 0 Å². The second-order valence-corrected chi connectivity index (χ2v) is 6.76. The molecule has 2 aromatic carbocycles. The Morgan fingerprint density at radius 3 is 2.55 bits per heavy atom. The van der Waals surface area contributed by atoms with Crippen LogP contribution in [0.4, 0.5) is 13.2 Å². The first-order chi connectivity index (χ1) is 13.8. The Bertz CT molecular complexity index is 1010. The van der Waals surface area contributed by atoms with Gasteiger partial charge in [0.15, 0.2) is 0 Å². The van der Waals surface area contributed by atoms with Gasteiger partial charge in [-0.05, 0) is 61.4 Å². The summed E-state index contributed by atoms with van der Waals surface area (Å²) >= 11 is 5.75. The number of oxazole rings is 1. The largest absolute Gasteiger partial charge is 0.487 e. The Morgan fingerprint density at radius 2 is 1.90 bits per heavy atom. The van der Waals surface area contributed by atoms with Crippen LogP contribution in [0.1, 0.15) is 29.5 Å². The van der Waals surface area contributed by atoms with Crippen molar-refractivity contribution in [2.45, 2.75) is 26.6 Å². The number of hydrogen-bond acceptors (Lipinski definition) is 3. The van der Waals surface area contributed by atoms with Gasteiger partial charge in [0.2, 0.25) is 5.89 Å².